The van der Waals surface area contributed by atoms with E-state index in [1.165, 1.54) is 0 Å². The summed E-state index contributed by atoms with van der Waals surface area (Å²) in [7, 11) is 0. The highest BCUT2D eigenvalue weighted by Gasteiger charge is 2.13. The molecule has 0 spiro atoms. The van der Waals surface area contributed by atoms with Gasteiger partial charge in [0.15, 0.2) is 0 Å². The maximum atomic E-state index is 12.6. The van der Waals surface area contributed by atoms with Crippen molar-refractivity contribution in [1.82, 2.24) is 9.78 Å². The first-order valence-corrected chi connectivity index (χ1v) is 8.02. The second-order valence-corrected chi connectivity index (χ2v) is 5.61. The van der Waals surface area contributed by atoms with E-state index in [2.05, 4.69) is 28.9 Å². The molecular formula is C20H18N4O2. The predicted octanol–water partition coefficient (Wildman–Crippen LogP) is 3.60. The summed E-state index contributed by atoms with van der Waals surface area (Å²) >= 11 is 0. The molecule has 6 nitrogen and oxygen atoms in total. The van der Waals surface area contributed by atoms with Crippen LogP contribution >= 0.6 is 0 Å². The quantitative estimate of drug-likeness (QED) is 0.529. The highest BCUT2D eigenvalue weighted by atomic mass is 16.2. The Morgan fingerprint density at radius 1 is 1.12 bits per heavy atom. The average Bonchev–Trinajstić information content (AvgIpc) is 3.04. The molecule has 1 aromatic heterocycles. The smallest absolute Gasteiger partial charge is 0.257 e. The van der Waals surface area contributed by atoms with Gasteiger partial charge in [0.1, 0.15) is 0 Å². The van der Waals surface area contributed by atoms with Crippen LogP contribution in [0.2, 0.25) is 0 Å². The first-order chi connectivity index (χ1) is 12.6. The molecule has 0 unspecified atom stereocenters. The lowest BCUT2D eigenvalue weighted by atomic mass is 10.1. The molecule has 1 heterocycles. The largest absolute Gasteiger partial charge is 0.322 e. The topological polar surface area (TPSA) is 76.0 Å². The van der Waals surface area contributed by atoms with Gasteiger partial charge in [-0.3, -0.25) is 14.3 Å². The van der Waals surface area contributed by atoms with Crippen molar-refractivity contribution in [2.45, 2.75) is 6.54 Å². The zero-order valence-corrected chi connectivity index (χ0v) is 14.1. The third-order valence-electron chi connectivity index (χ3n) is 3.74. The summed E-state index contributed by atoms with van der Waals surface area (Å²) in [5.41, 5.74) is 2.18. The molecule has 6 heteroatoms. The molecule has 0 aliphatic rings. The standard InChI is InChI=1S/C20H18N4O2/c1-3-11-24-13-14-9-10-15(12-18(14)23-24)21-20(26)16-7-5-6-8-17(16)22-19(25)4-2/h3-10,12-13H,1-2,11H2,(H,21,26)(H,22,25). The molecule has 2 N–H and O–H groups in total. The fourth-order valence-corrected chi connectivity index (χ4v) is 2.54. The minimum atomic E-state index is -0.376. The Morgan fingerprint density at radius 3 is 2.69 bits per heavy atom. The van der Waals surface area contributed by atoms with E-state index in [1.54, 1.807) is 41.1 Å². The molecule has 0 aliphatic heterocycles. The van der Waals surface area contributed by atoms with Crippen LogP contribution in [0.4, 0.5) is 11.4 Å². The normalized spacial score (nSPS) is 10.3. The monoisotopic (exact) mass is 346 g/mol. The number of rotatable bonds is 6. The summed E-state index contributed by atoms with van der Waals surface area (Å²) in [4.78, 5) is 24.2. The SMILES string of the molecule is C=CCn1cc2ccc(NC(=O)c3ccccc3NC(=O)C=C)cc2n1. The maximum Gasteiger partial charge on any atom is 0.257 e. The number of fused-ring (bicyclic) bond motifs is 1. The fraction of sp³-hybridized carbons (Fsp3) is 0.0500. The van der Waals surface area contributed by atoms with E-state index in [0.717, 1.165) is 17.0 Å². The number of carbonyl (C=O) groups is 2. The van der Waals surface area contributed by atoms with Crippen molar-refractivity contribution in [1.29, 1.82) is 0 Å². The summed E-state index contributed by atoms with van der Waals surface area (Å²) in [6.07, 6.45) is 4.84. The number of hydrogen-bond acceptors (Lipinski definition) is 3. The number of para-hydroxylation sites is 1. The zero-order valence-electron chi connectivity index (χ0n) is 14.1. The molecular weight excluding hydrogens is 328 g/mol. The number of nitrogens with one attached hydrogen (secondary N) is 2. The van der Waals surface area contributed by atoms with Crippen LogP contribution in [0.15, 0.2) is 74.0 Å². The van der Waals surface area contributed by atoms with Crippen molar-refractivity contribution in [3.63, 3.8) is 0 Å². The molecule has 0 fully saturated rings. The zero-order chi connectivity index (χ0) is 18.5. The van der Waals surface area contributed by atoms with Crippen LogP contribution in [0.1, 0.15) is 10.4 Å². The number of allylic oxidation sites excluding steroid dienone is 1. The van der Waals surface area contributed by atoms with Crippen LogP contribution in [0.5, 0.6) is 0 Å². The maximum absolute atomic E-state index is 12.6. The highest BCUT2D eigenvalue weighted by Crippen LogP contribution is 2.21. The van der Waals surface area contributed by atoms with Gasteiger partial charge in [-0.05, 0) is 36.4 Å². The lowest BCUT2D eigenvalue weighted by Crippen LogP contribution is -2.16. The van der Waals surface area contributed by atoms with Crippen molar-refractivity contribution >= 4 is 34.1 Å². The molecule has 2 amide bonds. The summed E-state index contributed by atoms with van der Waals surface area (Å²) in [5, 5.41) is 10.9. The summed E-state index contributed by atoms with van der Waals surface area (Å²) in [6, 6.07) is 12.3. The Kier molecular flexibility index (Phi) is 4.94. The van der Waals surface area contributed by atoms with Crippen molar-refractivity contribution in [2.24, 2.45) is 0 Å². The van der Waals surface area contributed by atoms with Gasteiger partial charge in [-0.25, -0.2) is 0 Å². The Labute approximate surface area is 150 Å². The number of nitrogens with zero attached hydrogens (tertiary/aromatic N) is 2. The van der Waals surface area contributed by atoms with E-state index in [-0.39, 0.29) is 11.8 Å². The van der Waals surface area contributed by atoms with Gasteiger partial charge >= 0.3 is 0 Å². The summed E-state index contributed by atoms with van der Waals surface area (Å²) in [6.45, 7) is 7.73. The second kappa shape index (κ2) is 7.48. The molecule has 3 rings (SSSR count). The average molecular weight is 346 g/mol. The number of benzene rings is 2. The lowest BCUT2D eigenvalue weighted by molar-refractivity contribution is -0.111. The van der Waals surface area contributed by atoms with Crippen LogP contribution in [-0.2, 0) is 11.3 Å². The third-order valence-corrected chi connectivity index (χ3v) is 3.74. The molecule has 0 saturated carbocycles. The van der Waals surface area contributed by atoms with Gasteiger partial charge in [-0.1, -0.05) is 24.8 Å². The minimum Gasteiger partial charge on any atom is -0.322 e. The van der Waals surface area contributed by atoms with Crippen molar-refractivity contribution in [2.75, 3.05) is 10.6 Å². The first-order valence-electron chi connectivity index (χ1n) is 8.02. The van der Waals surface area contributed by atoms with Gasteiger partial charge in [0.05, 0.1) is 23.3 Å². The van der Waals surface area contributed by atoms with Crippen LogP contribution in [0.3, 0.4) is 0 Å². The fourth-order valence-electron chi connectivity index (χ4n) is 2.54. The van der Waals surface area contributed by atoms with E-state index in [0.29, 0.717) is 23.5 Å². The summed E-state index contributed by atoms with van der Waals surface area (Å²) in [5.74, 6) is -0.700. The molecule has 0 atom stereocenters. The van der Waals surface area contributed by atoms with Crippen LogP contribution in [-0.4, -0.2) is 21.6 Å². The number of carbonyl (C=O) groups excluding carboxylic acids is 2. The molecule has 0 radical (unpaired) electrons. The van der Waals surface area contributed by atoms with E-state index < -0.39 is 0 Å². The number of anilines is 2. The van der Waals surface area contributed by atoms with E-state index in [4.69, 9.17) is 0 Å². The third kappa shape index (κ3) is 3.70. The number of aromatic nitrogens is 2. The van der Waals surface area contributed by atoms with Gasteiger partial charge in [0, 0.05) is 17.3 Å². The van der Waals surface area contributed by atoms with E-state index in [1.807, 2.05) is 18.3 Å². The van der Waals surface area contributed by atoms with Crippen molar-refractivity contribution in [3.8, 4) is 0 Å². The molecule has 2 aromatic carbocycles. The minimum absolute atomic E-state index is 0.324. The van der Waals surface area contributed by atoms with E-state index >= 15 is 0 Å². The molecule has 3 aromatic rings. The Bertz CT molecular complexity index is 1000. The van der Waals surface area contributed by atoms with Gasteiger partial charge in [0.2, 0.25) is 5.91 Å². The van der Waals surface area contributed by atoms with Crippen LogP contribution in [0.25, 0.3) is 10.9 Å². The van der Waals surface area contributed by atoms with Crippen molar-refractivity contribution < 1.29 is 9.59 Å². The molecule has 0 saturated heterocycles. The number of amides is 2. The highest BCUT2D eigenvalue weighted by molar-refractivity contribution is 6.11. The number of hydrogen-bond donors (Lipinski definition) is 2. The molecule has 26 heavy (non-hydrogen) atoms. The lowest BCUT2D eigenvalue weighted by Gasteiger charge is -2.10. The second-order valence-electron chi connectivity index (χ2n) is 5.61. The van der Waals surface area contributed by atoms with Gasteiger partial charge < -0.3 is 10.6 Å². The van der Waals surface area contributed by atoms with Crippen LogP contribution in [0, 0.1) is 0 Å². The van der Waals surface area contributed by atoms with Crippen molar-refractivity contribution in [3.05, 3.63) is 79.5 Å². The Morgan fingerprint density at radius 2 is 1.92 bits per heavy atom. The predicted molar refractivity (Wildman–Crippen MR) is 103 cm³/mol. The van der Waals surface area contributed by atoms with Gasteiger partial charge in [0.25, 0.3) is 5.91 Å². The van der Waals surface area contributed by atoms with Crippen LogP contribution < -0.4 is 10.6 Å². The first kappa shape index (κ1) is 17.2. The molecule has 0 aliphatic carbocycles. The van der Waals surface area contributed by atoms with Gasteiger partial charge in [-0.2, -0.15) is 5.10 Å². The molecule has 0 bridgehead atoms. The molecule has 130 valence electrons. The Hall–Kier alpha value is -3.67. The van der Waals surface area contributed by atoms with E-state index in [9.17, 15) is 9.59 Å². The Balaban J connectivity index is 1.83. The van der Waals surface area contributed by atoms with Gasteiger partial charge in [-0.15, -0.1) is 6.58 Å². The summed E-state index contributed by atoms with van der Waals surface area (Å²) < 4.78 is 1.78.